The summed E-state index contributed by atoms with van der Waals surface area (Å²) in [5, 5.41) is 11.9. The van der Waals surface area contributed by atoms with Gasteiger partial charge in [-0.3, -0.25) is 4.79 Å². The molecule has 132 valence electrons. The Morgan fingerprint density at radius 1 is 1.48 bits per heavy atom. The standard InChI is InChI=1S/C15H16N6O2S.ClH/c22-15(14-13-10(3-4-16-14)18-8-19-13)17-7-11-20-12(23-21-11)6-9-2-1-5-24-9;/h1-2,5,8,14,16H,3-4,6-7H2,(H,17,22)(H,18,19);1H. The first-order chi connectivity index (χ1) is 11.8. The van der Waals surface area contributed by atoms with E-state index < -0.39 is 6.04 Å². The van der Waals surface area contributed by atoms with E-state index in [4.69, 9.17) is 4.52 Å². The summed E-state index contributed by atoms with van der Waals surface area (Å²) in [5.41, 5.74) is 1.76. The highest BCUT2D eigenvalue weighted by molar-refractivity contribution is 7.09. The summed E-state index contributed by atoms with van der Waals surface area (Å²) >= 11 is 1.64. The maximum Gasteiger partial charge on any atom is 0.243 e. The van der Waals surface area contributed by atoms with Gasteiger partial charge in [-0.2, -0.15) is 4.98 Å². The van der Waals surface area contributed by atoms with E-state index in [-0.39, 0.29) is 24.9 Å². The van der Waals surface area contributed by atoms with Gasteiger partial charge in [0, 0.05) is 23.5 Å². The van der Waals surface area contributed by atoms with Crippen molar-refractivity contribution in [3.8, 4) is 0 Å². The Hall–Kier alpha value is -2.23. The van der Waals surface area contributed by atoms with Gasteiger partial charge in [-0.15, -0.1) is 23.7 Å². The molecule has 0 bridgehead atoms. The number of carbonyl (C=O) groups is 1. The molecule has 3 aromatic rings. The summed E-state index contributed by atoms with van der Waals surface area (Å²) in [6.07, 6.45) is 3.07. The maximum atomic E-state index is 12.4. The summed E-state index contributed by atoms with van der Waals surface area (Å²) in [7, 11) is 0. The van der Waals surface area contributed by atoms with Crippen LogP contribution in [0.5, 0.6) is 0 Å². The molecule has 0 fully saturated rings. The molecule has 0 spiro atoms. The van der Waals surface area contributed by atoms with Crippen LogP contribution in [0.3, 0.4) is 0 Å². The van der Waals surface area contributed by atoms with Crippen LogP contribution in [0.25, 0.3) is 0 Å². The quantitative estimate of drug-likeness (QED) is 0.616. The SMILES string of the molecule is Cl.O=C(NCc1noc(Cc2cccs2)n1)C1NCCc2[nH]cnc21. The largest absolute Gasteiger partial charge is 0.348 e. The van der Waals surface area contributed by atoms with Crippen molar-refractivity contribution >= 4 is 29.7 Å². The first-order valence-electron chi connectivity index (χ1n) is 7.66. The zero-order chi connectivity index (χ0) is 16.4. The Labute approximate surface area is 153 Å². The first kappa shape index (κ1) is 17.6. The predicted octanol–water partition coefficient (Wildman–Crippen LogP) is 1.37. The maximum absolute atomic E-state index is 12.4. The number of hydrogen-bond acceptors (Lipinski definition) is 7. The second-order valence-electron chi connectivity index (χ2n) is 5.48. The van der Waals surface area contributed by atoms with E-state index in [0.29, 0.717) is 18.1 Å². The molecule has 3 N–H and O–H groups in total. The number of aromatic nitrogens is 4. The van der Waals surface area contributed by atoms with Crippen LogP contribution < -0.4 is 10.6 Å². The zero-order valence-electron chi connectivity index (χ0n) is 13.2. The highest BCUT2D eigenvalue weighted by Crippen LogP contribution is 2.19. The number of nitrogens with one attached hydrogen (secondary N) is 3. The van der Waals surface area contributed by atoms with E-state index in [9.17, 15) is 4.79 Å². The van der Waals surface area contributed by atoms with Crippen molar-refractivity contribution in [1.29, 1.82) is 0 Å². The number of amides is 1. The number of aromatic amines is 1. The van der Waals surface area contributed by atoms with Gasteiger partial charge >= 0.3 is 0 Å². The normalized spacial score (nSPS) is 16.1. The molecule has 0 aromatic carbocycles. The van der Waals surface area contributed by atoms with E-state index in [0.717, 1.165) is 29.2 Å². The highest BCUT2D eigenvalue weighted by Gasteiger charge is 2.28. The second-order valence-corrected chi connectivity index (χ2v) is 6.51. The molecule has 1 unspecified atom stereocenters. The summed E-state index contributed by atoms with van der Waals surface area (Å²) in [6, 6.07) is 3.56. The third-order valence-electron chi connectivity index (χ3n) is 3.85. The fraction of sp³-hybridized carbons (Fsp3) is 0.333. The smallest absolute Gasteiger partial charge is 0.243 e. The topological polar surface area (TPSA) is 109 Å². The molecular weight excluding hydrogens is 364 g/mol. The fourth-order valence-electron chi connectivity index (χ4n) is 2.70. The van der Waals surface area contributed by atoms with E-state index in [1.54, 1.807) is 17.7 Å². The molecule has 0 radical (unpaired) electrons. The van der Waals surface area contributed by atoms with E-state index in [1.807, 2.05) is 17.5 Å². The lowest BCUT2D eigenvalue weighted by Gasteiger charge is -2.21. The number of halogens is 1. The number of nitrogens with zero attached hydrogens (tertiary/aromatic N) is 3. The highest BCUT2D eigenvalue weighted by atomic mass is 35.5. The molecule has 1 aliphatic rings. The van der Waals surface area contributed by atoms with Gasteiger partial charge in [-0.25, -0.2) is 4.98 Å². The number of carbonyl (C=O) groups excluding carboxylic acids is 1. The molecule has 10 heteroatoms. The third kappa shape index (κ3) is 3.89. The van der Waals surface area contributed by atoms with Gasteiger partial charge in [0.05, 0.1) is 25.0 Å². The van der Waals surface area contributed by atoms with Gasteiger partial charge in [-0.1, -0.05) is 11.2 Å². The van der Waals surface area contributed by atoms with Gasteiger partial charge < -0.3 is 20.1 Å². The minimum Gasteiger partial charge on any atom is -0.348 e. The Morgan fingerprint density at radius 3 is 3.24 bits per heavy atom. The fourth-order valence-corrected chi connectivity index (χ4v) is 3.40. The first-order valence-corrected chi connectivity index (χ1v) is 8.54. The van der Waals surface area contributed by atoms with Gasteiger partial charge in [0.25, 0.3) is 0 Å². The average Bonchev–Trinajstić information content (AvgIpc) is 3.34. The van der Waals surface area contributed by atoms with Gasteiger partial charge in [-0.05, 0) is 11.4 Å². The Bertz CT molecular complexity index is 831. The van der Waals surface area contributed by atoms with Crippen LogP contribution >= 0.6 is 23.7 Å². The summed E-state index contributed by atoms with van der Waals surface area (Å²) in [6.45, 7) is 0.963. The number of hydrogen-bond donors (Lipinski definition) is 3. The van der Waals surface area contributed by atoms with Gasteiger partial charge in [0.2, 0.25) is 11.8 Å². The molecule has 1 atom stereocenters. The van der Waals surface area contributed by atoms with E-state index in [2.05, 4.69) is 30.7 Å². The van der Waals surface area contributed by atoms with Crippen molar-refractivity contribution in [2.24, 2.45) is 0 Å². The molecular formula is C15H17ClN6O2S. The molecule has 25 heavy (non-hydrogen) atoms. The average molecular weight is 381 g/mol. The molecule has 0 saturated carbocycles. The molecule has 0 aliphatic carbocycles. The third-order valence-corrected chi connectivity index (χ3v) is 4.72. The Kier molecular flexibility index (Phi) is 5.47. The lowest BCUT2D eigenvalue weighted by atomic mass is 10.1. The van der Waals surface area contributed by atoms with Crippen LogP contribution in [0.1, 0.15) is 34.0 Å². The van der Waals surface area contributed by atoms with Crippen LogP contribution in [0.15, 0.2) is 28.4 Å². The number of H-pyrrole nitrogens is 1. The minimum absolute atomic E-state index is 0. The van der Waals surface area contributed by atoms with Crippen LogP contribution in [0.4, 0.5) is 0 Å². The van der Waals surface area contributed by atoms with Crippen molar-refractivity contribution in [1.82, 2.24) is 30.7 Å². The van der Waals surface area contributed by atoms with E-state index >= 15 is 0 Å². The number of fused-ring (bicyclic) bond motifs is 1. The molecule has 8 nitrogen and oxygen atoms in total. The van der Waals surface area contributed by atoms with Crippen LogP contribution in [-0.2, 0) is 24.2 Å². The molecule has 1 aliphatic heterocycles. The summed E-state index contributed by atoms with van der Waals surface area (Å²) in [5.74, 6) is 0.868. The lowest BCUT2D eigenvalue weighted by Crippen LogP contribution is -2.41. The molecule has 1 amide bonds. The van der Waals surface area contributed by atoms with E-state index in [1.165, 1.54) is 0 Å². The predicted molar refractivity (Wildman–Crippen MR) is 93.6 cm³/mol. The molecule has 3 aromatic heterocycles. The second kappa shape index (κ2) is 7.77. The van der Waals surface area contributed by atoms with Crippen LogP contribution in [0, 0.1) is 0 Å². The monoisotopic (exact) mass is 380 g/mol. The Morgan fingerprint density at radius 2 is 2.40 bits per heavy atom. The molecule has 0 saturated heterocycles. The van der Waals surface area contributed by atoms with Gasteiger partial charge in [0.15, 0.2) is 5.82 Å². The van der Waals surface area contributed by atoms with Crippen molar-refractivity contribution in [2.45, 2.75) is 25.4 Å². The van der Waals surface area contributed by atoms with Crippen molar-refractivity contribution in [3.05, 3.63) is 51.8 Å². The van der Waals surface area contributed by atoms with Crippen LogP contribution in [0.2, 0.25) is 0 Å². The van der Waals surface area contributed by atoms with Crippen LogP contribution in [-0.4, -0.2) is 32.6 Å². The minimum atomic E-state index is -0.447. The number of rotatable bonds is 5. The lowest BCUT2D eigenvalue weighted by molar-refractivity contribution is -0.123. The molecule has 4 rings (SSSR count). The van der Waals surface area contributed by atoms with Gasteiger partial charge in [0.1, 0.15) is 6.04 Å². The van der Waals surface area contributed by atoms with Crippen molar-refractivity contribution in [3.63, 3.8) is 0 Å². The van der Waals surface area contributed by atoms with Crippen molar-refractivity contribution < 1.29 is 9.32 Å². The summed E-state index contributed by atoms with van der Waals surface area (Å²) in [4.78, 5) is 25.2. The van der Waals surface area contributed by atoms with Crippen molar-refractivity contribution in [2.75, 3.05) is 6.54 Å². The molecule has 4 heterocycles. The zero-order valence-corrected chi connectivity index (χ0v) is 14.8. The Balaban J connectivity index is 0.00000182. The number of imidazole rings is 1. The number of thiophene rings is 1. The summed E-state index contributed by atoms with van der Waals surface area (Å²) < 4.78 is 5.22.